The average molecular weight is 432 g/mol. The van der Waals surface area contributed by atoms with Gasteiger partial charge in [0.2, 0.25) is 5.91 Å². The Bertz CT molecular complexity index is 1460. The molecule has 1 amide bonds. The molecule has 0 aliphatic carbocycles. The quantitative estimate of drug-likeness (QED) is 0.464. The number of primary amides is 1. The summed E-state index contributed by atoms with van der Waals surface area (Å²) in [5.41, 5.74) is 12.7. The van der Waals surface area contributed by atoms with Gasteiger partial charge in [-0.25, -0.2) is 0 Å². The molecule has 6 N–H and O–H groups in total. The lowest BCUT2D eigenvalue weighted by Gasteiger charge is -2.24. The maximum Gasteiger partial charge on any atom is 0.274 e. The molecule has 3 aromatic rings. The van der Waals surface area contributed by atoms with E-state index in [9.17, 15) is 25.1 Å². The predicted molar refractivity (Wildman–Crippen MR) is 116 cm³/mol. The highest BCUT2D eigenvalue weighted by Gasteiger charge is 2.34. The minimum atomic E-state index is -0.873. The molecule has 1 atom stereocenters. The third kappa shape index (κ3) is 3.35. The van der Waals surface area contributed by atoms with E-state index in [0.29, 0.717) is 11.1 Å². The van der Waals surface area contributed by atoms with Gasteiger partial charge in [-0.1, -0.05) is 24.3 Å². The Balaban J connectivity index is 2.07. The molecule has 4 rings (SSSR count). The molecule has 0 bridgehead atoms. The minimum Gasteiger partial charge on any atom is -0.508 e. The Kier molecular flexibility index (Phi) is 4.85. The molecular formula is C22H16N4O4S. The summed E-state index contributed by atoms with van der Waals surface area (Å²) in [6.45, 7) is 0. The Morgan fingerprint density at radius 3 is 2.23 bits per heavy atom. The van der Waals surface area contributed by atoms with Crippen molar-refractivity contribution in [1.82, 2.24) is 4.57 Å². The van der Waals surface area contributed by atoms with Gasteiger partial charge >= 0.3 is 0 Å². The molecule has 9 heteroatoms. The van der Waals surface area contributed by atoms with Gasteiger partial charge in [0.15, 0.2) is 0 Å². The monoisotopic (exact) mass is 432 g/mol. The van der Waals surface area contributed by atoms with Crippen LogP contribution in [-0.4, -0.2) is 20.7 Å². The van der Waals surface area contributed by atoms with Crippen LogP contribution < -0.4 is 26.2 Å². The van der Waals surface area contributed by atoms with Crippen molar-refractivity contribution in [1.29, 1.82) is 5.26 Å². The number of fused-ring (bicyclic) bond motifs is 1. The van der Waals surface area contributed by atoms with Crippen LogP contribution in [0.1, 0.15) is 17.0 Å². The molecule has 1 unspecified atom stereocenters. The molecule has 0 saturated carbocycles. The number of aromatic hydroxyl groups is 2. The first-order valence-electron chi connectivity index (χ1n) is 9.07. The summed E-state index contributed by atoms with van der Waals surface area (Å²) in [6, 6.07) is 14.2. The second-order valence-corrected chi connectivity index (χ2v) is 7.89. The number of allylic oxidation sites excluding steroid dienone is 1. The lowest BCUT2D eigenvalue weighted by molar-refractivity contribution is -0.113. The Morgan fingerprint density at radius 2 is 1.68 bits per heavy atom. The standard InChI is InChI=1S/C22H16N4O4S/c23-10-15-17(12-3-7-14(28)8-4-12)18(20(25)29)22-26(19(15)24)21(30)16(31-22)9-11-1-5-13(27)6-2-11/h1-9,17,27-28H,24H2,(H2,25,29). The average Bonchev–Trinajstić information content (AvgIpc) is 3.06. The van der Waals surface area contributed by atoms with E-state index in [4.69, 9.17) is 11.5 Å². The van der Waals surface area contributed by atoms with E-state index in [1.807, 2.05) is 6.07 Å². The van der Waals surface area contributed by atoms with Gasteiger partial charge in [-0.3, -0.25) is 14.2 Å². The lowest BCUT2D eigenvalue weighted by Crippen LogP contribution is -2.41. The highest BCUT2D eigenvalue weighted by Crippen LogP contribution is 2.36. The van der Waals surface area contributed by atoms with Crippen LogP contribution in [0.25, 0.3) is 17.5 Å². The highest BCUT2D eigenvalue weighted by molar-refractivity contribution is 7.07. The number of hydrogen-bond acceptors (Lipinski definition) is 7. The van der Waals surface area contributed by atoms with E-state index >= 15 is 0 Å². The van der Waals surface area contributed by atoms with Gasteiger partial charge in [0.25, 0.3) is 5.56 Å². The van der Waals surface area contributed by atoms with Crippen molar-refractivity contribution < 1.29 is 15.0 Å². The SMILES string of the molecule is N#CC1=C(N)n2c(sc(=Cc3ccc(O)cc3)c2=O)=C(C(N)=O)C1c1ccc(O)cc1. The number of rotatable bonds is 3. The number of thiazole rings is 1. The number of nitrogens with two attached hydrogens (primary N) is 2. The van der Waals surface area contributed by atoms with Crippen LogP contribution >= 0.6 is 11.3 Å². The van der Waals surface area contributed by atoms with Crippen LogP contribution in [-0.2, 0) is 4.79 Å². The van der Waals surface area contributed by atoms with Gasteiger partial charge < -0.3 is 21.7 Å². The summed E-state index contributed by atoms with van der Waals surface area (Å²) < 4.78 is 1.66. The fraction of sp³-hybridized carbons (Fsp3) is 0.0455. The smallest absolute Gasteiger partial charge is 0.274 e. The molecule has 2 heterocycles. The summed E-state index contributed by atoms with van der Waals surface area (Å²) in [5.74, 6) is -1.62. The van der Waals surface area contributed by atoms with Crippen LogP contribution in [0.4, 0.5) is 0 Å². The van der Waals surface area contributed by atoms with Crippen LogP contribution in [0.2, 0.25) is 0 Å². The zero-order chi connectivity index (χ0) is 22.3. The molecule has 1 aliphatic rings. The summed E-state index contributed by atoms with van der Waals surface area (Å²) >= 11 is 1.04. The first kappa shape index (κ1) is 20.0. The highest BCUT2D eigenvalue weighted by atomic mass is 32.1. The summed E-state index contributed by atoms with van der Waals surface area (Å²) in [4.78, 5) is 25.6. The molecule has 1 aromatic heterocycles. The molecule has 2 aromatic carbocycles. The van der Waals surface area contributed by atoms with Crippen molar-refractivity contribution >= 4 is 34.7 Å². The number of aromatic nitrogens is 1. The van der Waals surface area contributed by atoms with Gasteiger partial charge in [0.05, 0.1) is 27.7 Å². The van der Waals surface area contributed by atoms with Crippen molar-refractivity contribution in [2.75, 3.05) is 0 Å². The van der Waals surface area contributed by atoms with Crippen LogP contribution in [0.3, 0.4) is 0 Å². The number of phenols is 2. The largest absolute Gasteiger partial charge is 0.508 e. The molecule has 1 aliphatic heterocycles. The number of carbonyl (C=O) groups is 1. The van der Waals surface area contributed by atoms with E-state index in [-0.39, 0.29) is 37.7 Å². The first-order chi connectivity index (χ1) is 14.8. The molecule has 0 fully saturated rings. The molecule has 0 spiro atoms. The van der Waals surface area contributed by atoms with Crippen molar-refractivity contribution in [2.45, 2.75) is 5.92 Å². The van der Waals surface area contributed by atoms with Crippen LogP contribution in [0.5, 0.6) is 11.5 Å². The van der Waals surface area contributed by atoms with E-state index in [0.717, 1.165) is 15.9 Å². The Hall–Kier alpha value is -4.29. The van der Waals surface area contributed by atoms with Gasteiger partial charge in [-0.2, -0.15) is 5.26 Å². The number of amides is 1. The van der Waals surface area contributed by atoms with Gasteiger partial charge in [-0.15, -0.1) is 11.3 Å². The summed E-state index contributed by atoms with van der Waals surface area (Å²) in [5, 5.41) is 28.8. The minimum absolute atomic E-state index is 0.0167. The summed E-state index contributed by atoms with van der Waals surface area (Å²) in [7, 11) is 0. The number of nitriles is 1. The first-order valence-corrected chi connectivity index (χ1v) is 9.89. The molecule has 31 heavy (non-hydrogen) atoms. The third-order valence-electron chi connectivity index (χ3n) is 4.95. The van der Waals surface area contributed by atoms with Crippen molar-refractivity contribution in [3.05, 3.63) is 84.8 Å². The molecule has 0 radical (unpaired) electrons. The normalized spacial score (nSPS) is 16.2. The topological polar surface area (TPSA) is 155 Å². The number of benzene rings is 2. The van der Waals surface area contributed by atoms with Crippen molar-refractivity contribution in [3.8, 4) is 17.6 Å². The van der Waals surface area contributed by atoms with E-state index < -0.39 is 17.4 Å². The van der Waals surface area contributed by atoms with Crippen LogP contribution in [0, 0.1) is 11.3 Å². The van der Waals surface area contributed by atoms with E-state index in [1.54, 1.807) is 30.3 Å². The molecule has 8 nitrogen and oxygen atoms in total. The maximum atomic E-state index is 13.1. The second-order valence-electron chi connectivity index (χ2n) is 6.86. The predicted octanol–water partition coefficient (Wildman–Crippen LogP) is 0.234. The second kappa shape index (κ2) is 7.51. The number of nitrogens with zero attached hydrogens (tertiary/aromatic N) is 2. The molecule has 0 saturated heterocycles. The fourth-order valence-electron chi connectivity index (χ4n) is 3.51. The van der Waals surface area contributed by atoms with E-state index in [1.165, 1.54) is 24.3 Å². The number of phenolic OH excluding ortho intramolecular Hbond substituents is 2. The fourth-order valence-corrected chi connectivity index (χ4v) is 4.69. The zero-order valence-corrected chi connectivity index (χ0v) is 16.8. The third-order valence-corrected chi connectivity index (χ3v) is 6.06. The van der Waals surface area contributed by atoms with Gasteiger partial charge in [-0.05, 0) is 41.5 Å². The molecule has 154 valence electrons. The van der Waals surface area contributed by atoms with E-state index in [2.05, 4.69) is 0 Å². The van der Waals surface area contributed by atoms with Crippen molar-refractivity contribution in [2.24, 2.45) is 11.5 Å². The number of hydrogen-bond donors (Lipinski definition) is 4. The zero-order valence-electron chi connectivity index (χ0n) is 15.9. The maximum absolute atomic E-state index is 13.1. The molecular weight excluding hydrogens is 416 g/mol. The Morgan fingerprint density at radius 1 is 1.10 bits per heavy atom. The summed E-state index contributed by atoms with van der Waals surface area (Å²) in [6.07, 6.45) is 1.60. The van der Waals surface area contributed by atoms with Gasteiger partial charge in [0.1, 0.15) is 22.0 Å². The van der Waals surface area contributed by atoms with Gasteiger partial charge in [0, 0.05) is 0 Å². The number of carbonyl (C=O) groups excluding carboxylic acids is 1. The van der Waals surface area contributed by atoms with Crippen molar-refractivity contribution in [3.63, 3.8) is 0 Å². The van der Waals surface area contributed by atoms with Crippen LogP contribution in [0.15, 0.2) is 58.9 Å². The Labute approximate surface area is 179 Å². The lowest BCUT2D eigenvalue weighted by atomic mass is 9.83.